The van der Waals surface area contributed by atoms with Crippen LogP contribution in [0, 0.1) is 0 Å². The average molecular weight is 447 g/mol. The molecule has 1 fully saturated rings. The fourth-order valence-corrected chi connectivity index (χ4v) is 3.94. The van der Waals surface area contributed by atoms with Crippen molar-refractivity contribution in [2.75, 3.05) is 38.0 Å². The molecular weight excluding hydrogens is 416 g/mol. The largest absolute Gasteiger partial charge is 0.397 e. The third-order valence-electron chi connectivity index (χ3n) is 5.94. The average Bonchev–Trinajstić information content (AvgIpc) is 2.86. The van der Waals surface area contributed by atoms with Crippen LogP contribution in [0.15, 0.2) is 59.7 Å². The molecule has 1 amide bonds. The lowest BCUT2D eigenvalue weighted by Gasteiger charge is -2.34. The van der Waals surface area contributed by atoms with E-state index < -0.39 is 0 Å². The van der Waals surface area contributed by atoms with Crippen molar-refractivity contribution < 1.29 is 4.79 Å². The Bertz CT molecular complexity index is 1190. The van der Waals surface area contributed by atoms with Crippen molar-refractivity contribution >= 4 is 28.3 Å². The van der Waals surface area contributed by atoms with Gasteiger partial charge in [-0.1, -0.05) is 13.3 Å². The molecule has 0 radical (unpaired) electrons. The zero-order valence-corrected chi connectivity index (χ0v) is 18.9. The zero-order chi connectivity index (χ0) is 23.2. The highest BCUT2D eigenvalue weighted by atomic mass is 16.2. The van der Waals surface area contributed by atoms with Crippen molar-refractivity contribution in [1.82, 2.24) is 19.8 Å². The third kappa shape index (κ3) is 5.40. The molecule has 0 spiro atoms. The van der Waals surface area contributed by atoms with Gasteiger partial charge >= 0.3 is 0 Å². The second-order valence-corrected chi connectivity index (χ2v) is 8.26. The highest BCUT2D eigenvalue weighted by Crippen LogP contribution is 2.15. The summed E-state index contributed by atoms with van der Waals surface area (Å²) in [6.07, 6.45) is 5.60. The molecule has 33 heavy (non-hydrogen) atoms. The number of aromatic nitrogens is 2. The molecule has 4 N–H and O–H groups in total. The minimum atomic E-state index is -0.299. The first-order valence-corrected chi connectivity index (χ1v) is 11.4. The quantitative estimate of drug-likeness (QED) is 0.515. The Hall–Kier alpha value is -3.65. The Morgan fingerprint density at radius 2 is 1.94 bits per heavy atom. The summed E-state index contributed by atoms with van der Waals surface area (Å²) in [6.45, 7) is 6.69. The van der Waals surface area contributed by atoms with Gasteiger partial charge in [-0.25, -0.2) is 4.98 Å². The number of nitrogens with one attached hydrogen (secondary N) is 2. The molecule has 1 aliphatic heterocycles. The van der Waals surface area contributed by atoms with Crippen LogP contribution >= 0.6 is 0 Å². The summed E-state index contributed by atoms with van der Waals surface area (Å²) in [5.74, 6) is 0.0584. The van der Waals surface area contributed by atoms with Gasteiger partial charge in [-0.05, 0) is 55.4 Å². The molecule has 1 saturated heterocycles. The summed E-state index contributed by atoms with van der Waals surface area (Å²) < 4.78 is 0. The Morgan fingerprint density at radius 1 is 1.18 bits per heavy atom. The lowest BCUT2D eigenvalue weighted by atomic mass is 10.1. The van der Waals surface area contributed by atoms with E-state index >= 15 is 0 Å². The molecule has 0 aliphatic carbocycles. The van der Waals surface area contributed by atoms with Gasteiger partial charge in [0.25, 0.3) is 11.5 Å². The third-order valence-corrected chi connectivity index (χ3v) is 5.94. The Balaban J connectivity index is 1.38. The van der Waals surface area contributed by atoms with Crippen LogP contribution in [-0.2, 0) is 0 Å². The number of anilines is 1. The number of pyridine rings is 2. The molecule has 1 aliphatic rings. The normalized spacial score (nSPS) is 15.1. The van der Waals surface area contributed by atoms with Gasteiger partial charge in [-0.3, -0.25) is 14.5 Å². The van der Waals surface area contributed by atoms with Gasteiger partial charge in [0, 0.05) is 55.2 Å². The molecule has 0 atom stereocenters. The van der Waals surface area contributed by atoms with Crippen LogP contribution in [0.1, 0.15) is 35.7 Å². The molecule has 2 aromatic heterocycles. The number of amides is 1. The summed E-state index contributed by atoms with van der Waals surface area (Å²) in [5.41, 5.74) is 8.49. The topological polar surface area (TPSA) is 107 Å². The summed E-state index contributed by atoms with van der Waals surface area (Å²) >= 11 is 0. The van der Waals surface area contributed by atoms with Crippen LogP contribution in [0.25, 0.3) is 16.7 Å². The van der Waals surface area contributed by atoms with Gasteiger partial charge in [-0.2, -0.15) is 0 Å². The fourth-order valence-electron chi connectivity index (χ4n) is 3.94. The Kier molecular flexibility index (Phi) is 7.04. The van der Waals surface area contributed by atoms with Gasteiger partial charge < -0.3 is 20.9 Å². The second-order valence-electron chi connectivity index (χ2n) is 8.26. The van der Waals surface area contributed by atoms with Gasteiger partial charge in [0.15, 0.2) is 0 Å². The standard InChI is InChI=1S/C25H30N6O2/c1-2-3-11-30-12-14-31(15-13-30)25(33)18-6-8-20(9-7-18)28-17-22(26)21-16-19-5-4-10-27-23(19)29-24(21)32/h4-10,16-17,28H,2-3,11-15,26H2,1H3,(H,27,29,32)/b22-17-. The van der Waals surface area contributed by atoms with Crippen molar-refractivity contribution in [2.24, 2.45) is 5.73 Å². The van der Waals surface area contributed by atoms with E-state index in [1.165, 1.54) is 12.8 Å². The van der Waals surface area contributed by atoms with E-state index in [2.05, 4.69) is 27.1 Å². The predicted molar refractivity (Wildman–Crippen MR) is 132 cm³/mol. The maximum absolute atomic E-state index is 12.8. The van der Waals surface area contributed by atoms with Gasteiger partial charge in [-0.15, -0.1) is 0 Å². The minimum absolute atomic E-state index is 0.0584. The van der Waals surface area contributed by atoms with E-state index in [9.17, 15) is 9.59 Å². The molecule has 0 unspecified atom stereocenters. The minimum Gasteiger partial charge on any atom is -0.397 e. The van der Waals surface area contributed by atoms with E-state index in [0.717, 1.165) is 43.8 Å². The smallest absolute Gasteiger partial charge is 0.259 e. The number of carbonyl (C=O) groups is 1. The number of rotatable bonds is 7. The number of H-pyrrole nitrogens is 1. The molecule has 8 heteroatoms. The van der Waals surface area contributed by atoms with Gasteiger partial charge in [0.1, 0.15) is 5.65 Å². The first-order chi connectivity index (χ1) is 16.0. The van der Waals surface area contributed by atoms with Crippen LogP contribution in [0.3, 0.4) is 0 Å². The Morgan fingerprint density at radius 3 is 2.67 bits per heavy atom. The summed E-state index contributed by atoms with van der Waals surface area (Å²) in [7, 11) is 0. The predicted octanol–water partition coefficient (Wildman–Crippen LogP) is 2.85. The van der Waals surface area contributed by atoms with E-state index in [0.29, 0.717) is 22.5 Å². The number of nitrogens with two attached hydrogens (primary N) is 1. The zero-order valence-electron chi connectivity index (χ0n) is 18.9. The van der Waals surface area contributed by atoms with Crippen molar-refractivity contribution in [3.8, 4) is 0 Å². The van der Waals surface area contributed by atoms with Crippen LogP contribution in [0.4, 0.5) is 5.69 Å². The molecular formula is C25H30N6O2. The molecule has 172 valence electrons. The summed E-state index contributed by atoms with van der Waals surface area (Å²) in [4.78, 5) is 36.4. The van der Waals surface area contributed by atoms with Crippen LogP contribution in [0.5, 0.6) is 0 Å². The van der Waals surface area contributed by atoms with Crippen molar-refractivity contribution in [3.05, 3.63) is 76.3 Å². The fraction of sp³-hybridized carbons (Fsp3) is 0.320. The lowest BCUT2D eigenvalue weighted by molar-refractivity contribution is 0.0636. The van der Waals surface area contributed by atoms with Crippen LogP contribution < -0.4 is 16.6 Å². The molecule has 4 rings (SSSR count). The monoisotopic (exact) mass is 446 g/mol. The number of fused-ring (bicyclic) bond motifs is 1. The Labute approximate surface area is 193 Å². The molecule has 0 bridgehead atoms. The number of hydrogen-bond donors (Lipinski definition) is 3. The first-order valence-electron chi connectivity index (χ1n) is 11.4. The van der Waals surface area contributed by atoms with E-state index in [-0.39, 0.29) is 11.5 Å². The number of piperazine rings is 1. The number of nitrogens with zero attached hydrogens (tertiary/aromatic N) is 3. The lowest BCUT2D eigenvalue weighted by Crippen LogP contribution is -2.48. The number of benzene rings is 1. The molecule has 3 aromatic rings. The van der Waals surface area contributed by atoms with E-state index in [1.54, 1.807) is 24.5 Å². The highest BCUT2D eigenvalue weighted by Gasteiger charge is 2.21. The van der Waals surface area contributed by atoms with Gasteiger partial charge in [0.05, 0.1) is 11.3 Å². The maximum atomic E-state index is 12.8. The SMILES string of the molecule is CCCCN1CCN(C(=O)c2ccc(N/C=C(\N)c3cc4cccnc4[nH]c3=O)cc2)CC1. The van der Waals surface area contributed by atoms with E-state index in [1.807, 2.05) is 35.2 Å². The maximum Gasteiger partial charge on any atom is 0.259 e. The summed E-state index contributed by atoms with van der Waals surface area (Å²) in [6, 6.07) is 12.7. The van der Waals surface area contributed by atoms with Gasteiger partial charge in [0.2, 0.25) is 0 Å². The number of aromatic amines is 1. The number of unbranched alkanes of at least 4 members (excludes halogenated alkanes) is 1. The summed E-state index contributed by atoms with van der Waals surface area (Å²) in [5, 5.41) is 3.91. The van der Waals surface area contributed by atoms with Crippen LogP contribution in [-0.4, -0.2) is 58.4 Å². The number of hydrogen-bond acceptors (Lipinski definition) is 6. The number of carbonyl (C=O) groups excluding carboxylic acids is 1. The highest BCUT2D eigenvalue weighted by molar-refractivity contribution is 5.94. The molecule has 0 saturated carbocycles. The van der Waals surface area contributed by atoms with Crippen molar-refractivity contribution in [3.63, 3.8) is 0 Å². The second kappa shape index (κ2) is 10.3. The van der Waals surface area contributed by atoms with Crippen LogP contribution in [0.2, 0.25) is 0 Å². The first kappa shape index (κ1) is 22.5. The van der Waals surface area contributed by atoms with E-state index in [4.69, 9.17) is 5.73 Å². The molecule has 1 aromatic carbocycles. The molecule has 3 heterocycles. The van der Waals surface area contributed by atoms with Crippen molar-refractivity contribution in [2.45, 2.75) is 19.8 Å². The molecule has 8 nitrogen and oxygen atoms in total. The van der Waals surface area contributed by atoms with Crippen molar-refractivity contribution in [1.29, 1.82) is 0 Å².